The monoisotopic (exact) mass is 191 g/mol. The zero-order valence-corrected chi connectivity index (χ0v) is 6.44. The molecule has 4 unspecified atom stereocenters. The molecule has 4 N–H and O–H groups in total. The molecule has 0 aromatic rings. The van der Waals surface area contributed by atoms with E-state index in [2.05, 4.69) is 9.89 Å². The van der Waals surface area contributed by atoms with Gasteiger partial charge in [-0.2, -0.15) is 0 Å². The van der Waals surface area contributed by atoms with Gasteiger partial charge in [-0.3, -0.25) is 0 Å². The standard InChI is InChI=1S/C6H9NO6/c8-2(1-7-12)5-3(9)4(10)6(11)13-5/h1-5,8-10,12H/b7-1+. The van der Waals surface area contributed by atoms with Crippen LogP contribution in [0.25, 0.3) is 0 Å². The van der Waals surface area contributed by atoms with E-state index >= 15 is 0 Å². The number of carbonyl (C=O) groups excluding carboxylic acids is 1. The van der Waals surface area contributed by atoms with Crippen LogP contribution < -0.4 is 0 Å². The van der Waals surface area contributed by atoms with E-state index in [0.717, 1.165) is 0 Å². The van der Waals surface area contributed by atoms with E-state index in [1.54, 1.807) is 0 Å². The SMILES string of the molecule is O=C1OC(C(O)/C=N/O)C(O)C1O. The molecule has 74 valence electrons. The summed E-state index contributed by atoms with van der Waals surface area (Å²) in [4.78, 5) is 10.7. The van der Waals surface area contributed by atoms with Gasteiger partial charge in [0.25, 0.3) is 0 Å². The molecule has 13 heavy (non-hydrogen) atoms. The fourth-order valence-corrected chi connectivity index (χ4v) is 1.02. The summed E-state index contributed by atoms with van der Waals surface area (Å²) < 4.78 is 4.41. The lowest BCUT2D eigenvalue weighted by Gasteiger charge is -2.15. The number of rotatable bonds is 2. The van der Waals surface area contributed by atoms with E-state index in [1.165, 1.54) is 0 Å². The van der Waals surface area contributed by atoms with Gasteiger partial charge >= 0.3 is 5.97 Å². The predicted octanol–water partition coefficient (Wildman–Crippen LogP) is -2.55. The van der Waals surface area contributed by atoms with Crippen LogP contribution in [0, 0.1) is 0 Å². The van der Waals surface area contributed by atoms with Crippen LogP contribution in [0.15, 0.2) is 5.16 Å². The normalized spacial score (nSPS) is 36.5. The number of hydrogen-bond acceptors (Lipinski definition) is 7. The second-order valence-electron chi connectivity index (χ2n) is 2.59. The molecule has 0 aliphatic carbocycles. The summed E-state index contributed by atoms with van der Waals surface area (Å²) in [5.41, 5.74) is 0. The Morgan fingerprint density at radius 2 is 2.15 bits per heavy atom. The fourth-order valence-electron chi connectivity index (χ4n) is 1.02. The summed E-state index contributed by atoms with van der Waals surface area (Å²) in [5, 5.41) is 37.7. The van der Waals surface area contributed by atoms with Crippen molar-refractivity contribution in [1.82, 2.24) is 0 Å². The summed E-state index contributed by atoms with van der Waals surface area (Å²) in [6.45, 7) is 0. The van der Waals surface area contributed by atoms with E-state index in [4.69, 9.17) is 20.5 Å². The van der Waals surface area contributed by atoms with Crippen LogP contribution in [0.4, 0.5) is 0 Å². The maximum Gasteiger partial charge on any atom is 0.338 e. The highest BCUT2D eigenvalue weighted by molar-refractivity contribution is 5.79. The highest BCUT2D eigenvalue weighted by Crippen LogP contribution is 2.18. The number of aliphatic hydroxyl groups excluding tert-OH is 3. The second kappa shape index (κ2) is 3.69. The molecule has 1 rings (SSSR count). The molecule has 0 aromatic carbocycles. The van der Waals surface area contributed by atoms with Gasteiger partial charge < -0.3 is 25.3 Å². The third-order valence-corrected chi connectivity index (χ3v) is 1.71. The number of carbonyl (C=O) groups is 1. The number of ether oxygens (including phenoxy) is 1. The molecule has 0 saturated carbocycles. The van der Waals surface area contributed by atoms with E-state index in [0.29, 0.717) is 6.21 Å². The number of nitrogens with zero attached hydrogens (tertiary/aromatic N) is 1. The van der Waals surface area contributed by atoms with Gasteiger partial charge in [0.2, 0.25) is 0 Å². The van der Waals surface area contributed by atoms with Gasteiger partial charge in [0.1, 0.15) is 12.2 Å². The van der Waals surface area contributed by atoms with Gasteiger partial charge in [0.15, 0.2) is 12.2 Å². The van der Waals surface area contributed by atoms with E-state index in [1.807, 2.05) is 0 Å². The lowest BCUT2D eigenvalue weighted by molar-refractivity contribution is -0.149. The van der Waals surface area contributed by atoms with Crippen LogP contribution >= 0.6 is 0 Å². The quantitative estimate of drug-likeness (QED) is 0.165. The van der Waals surface area contributed by atoms with Gasteiger partial charge in [-0.15, -0.1) is 0 Å². The molecule has 1 heterocycles. The third kappa shape index (κ3) is 1.77. The van der Waals surface area contributed by atoms with Crippen LogP contribution in [0.1, 0.15) is 0 Å². The molecule has 1 aliphatic rings. The number of hydrogen-bond donors (Lipinski definition) is 4. The first-order valence-electron chi connectivity index (χ1n) is 3.50. The van der Waals surface area contributed by atoms with Crippen molar-refractivity contribution in [3.8, 4) is 0 Å². The third-order valence-electron chi connectivity index (χ3n) is 1.71. The van der Waals surface area contributed by atoms with Crippen molar-refractivity contribution in [2.45, 2.75) is 24.4 Å². The Morgan fingerprint density at radius 1 is 1.54 bits per heavy atom. The lowest BCUT2D eigenvalue weighted by Crippen LogP contribution is -2.39. The first kappa shape index (κ1) is 9.90. The minimum atomic E-state index is -1.66. The molecular weight excluding hydrogens is 182 g/mol. The fraction of sp³-hybridized carbons (Fsp3) is 0.667. The van der Waals surface area contributed by atoms with Crippen LogP contribution in [0.5, 0.6) is 0 Å². The molecule has 0 aromatic heterocycles. The molecule has 0 bridgehead atoms. The predicted molar refractivity (Wildman–Crippen MR) is 38.2 cm³/mol. The van der Waals surface area contributed by atoms with Crippen molar-refractivity contribution < 1.29 is 30.1 Å². The van der Waals surface area contributed by atoms with Gasteiger partial charge in [0, 0.05) is 0 Å². The van der Waals surface area contributed by atoms with Crippen molar-refractivity contribution in [2.24, 2.45) is 5.16 Å². The zero-order chi connectivity index (χ0) is 10.0. The van der Waals surface area contributed by atoms with Gasteiger partial charge in [0.05, 0.1) is 6.21 Å². The molecule has 1 fully saturated rings. The zero-order valence-electron chi connectivity index (χ0n) is 6.44. The number of aliphatic hydroxyl groups is 3. The largest absolute Gasteiger partial charge is 0.454 e. The molecule has 0 spiro atoms. The van der Waals surface area contributed by atoms with E-state index < -0.39 is 30.4 Å². The molecule has 0 radical (unpaired) electrons. The summed E-state index contributed by atoms with van der Waals surface area (Å²) in [6.07, 6.45) is -5.23. The first-order chi connectivity index (χ1) is 6.07. The maximum absolute atomic E-state index is 10.7. The average molecular weight is 191 g/mol. The van der Waals surface area contributed by atoms with Crippen molar-refractivity contribution in [3.63, 3.8) is 0 Å². The maximum atomic E-state index is 10.7. The summed E-state index contributed by atoms with van der Waals surface area (Å²) in [7, 11) is 0. The Morgan fingerprint density at radius 3 is 2.54 bits per heavy atom. The number of cyclic esters (lactones) is 1. The Kier molecular flexibility index (Phi) is 2.81. The van der Waals surface area contributed by atoms with Crippen LogP contribution in [-0.4, -0.2) is 57.1 Å². The van der Waals surface area contributed by atoms with Crippen LogP contribution in [0.2, 0.25) is 0 Å². The minimum absolute atomic E-state index is 0.680. The summed E-state index contributed by atoms with van der Waals surface area (Å²) >= 11 is 0. The lowest BCUT2D eigenvalue weighted by atomic mass is 10.1. The smallest absolute Gasteiger partial charge is 0.338 e. The average Bonchev–Trinajstić information content (AvgIpc) is 2.33. The van der Waals surface area contributed by atoms with Crippen molar-refractivity contribution in [1.29, 1.82) is 0 Å². The van der Waals surface area contributed by atoms with Gasteiger partial charge in [-0.25, -0.2) is 4.79 Å². The van der Waals surface area contributed by atoms with Crippen molar-refractivity contribution in [2.75, 3.05) is 0 Å². The molecule has 1 saturated heterocycles. The van der Waals surface area contributed by atoms with Crippen LogP contribution in [0.3, 0.4) is 0 Å². The first-order valence-corrected chi connectivity index (χ1v) is 3.50. The topological polar surface area (TPSA) is 120 Å². The number of esters is 1. The second-order valence-corrected chi connectivity index (χ2v) is 2.59. The molecule has 7 nitrogen and oxygen atoms in total. The molecule has 1 aliphatic heterocycles. The van der Waals surface area contributed by atoms with Crippen molar-refractivity contribution >= 4 is 12.2 Å². The summed E-state index contributed by atoms with van der Waals surface area (Å²) in [6, 6.07) is 0. The molecular formula is C6H9NO6. The van der Waals surface area contributed by atoms with Gasteiger partial charge in [-0.1, -0.05) is 5.16 Å². The Labute approximate surface area is 72.9 Å². The number of oxime groups is 1. The minimum Gasteiger partial charge on any atom is -0.454 e. The summed E-state index contributed by atoms with van der Waals surface area (Å²) in [5.74, 6) is -1.01. The molecule has 7 heteroatoms. The molecule has 0 amide bonds. The van der Waals surface area contributed by atoms with Crippen LogP contribution in [-0.2, 0) is 9.53 Å². The highest BCUT2D eigenvalue weighted by Gasteiger charge is 2.45. The Hall–Kier alpha value is -1.18. The van der Waals surface area contributed by atoms with Crippen molar-refractivity contribution in [3.05, 3.63) is 0 Å². The Balaban J connectivity index is 2.67. The Bertz CT molecular complexity index is 229. The van der Waals surface area contributed by atoms with Gasteiger partial charge in [-0.05, 0) is 0 Å². The van der Waals surface area contributed by atoms with E-state index in [9.17, 15) is 4.79 Å². The molecule has 4 atom stereocenters. The van der Waals surface area contributed by atoms with E-state index in [-0.39, 0.29) is 0 Å². The highest BCUT2D eigenvalue weighted by atomic mass is 16.6.